The van der Waals surface area contributed by atoms with Gasteiger partial charge in [-0.2, -0.15) is 5.26 Å². The summed E-state index contributed by atoms with van der Waals surface area (Å²) in [6.45, 7) is 1.34. The number of thiazole rings is 1. The van der Waals surface area contributed by atoms with Crippen molar-refractivity contribution in [3.8, 4) is 6.07 Å². The topological polar surface area (TPSA) is 94.9 Å². The van der Waals surface area contributed by atoms with E-state index in [9.17, 15) is 14.9 Å². The van der Waals surface area contributed by atoms with Gasteiger partial charge in [-0.25, -0.2) is 4.98 Å². The van der Waals surface area contributed by atoms with E-state index in [1.807, 2.05) is 6.07 Å². The smallest absolute Gasteiger partial charge is 0.272 e. The van der Waals surface area contributed by atoms with Crippen LogP contribution >= 0.6 is 34.5 Å². The third-order valence-electron chi connectivity index (χ3n) is 2.72. The Balaban J connectivity index is 2.17. The molecule has 9 heteroatoms. The first-order valence-corrected chi connectivity index (χ1v) is 7.93. The van der Waals surface area contributed by atoms with E-state index in [4.69, 9.17) is 23.2 Å². The van der Waals surface area contributed by atoms with Crippen molar-refractivity contribution in [2.24, 2.45) is 0 Å². The Kier molecular flexibility index (Phi) is 5.55. The van der Waals surface area contributed by atoms with Crippen molar-refractivity contribution in [2.45, 2.75) is 13.0 Å². The molecule has 1 unspecified atom stereocenters. The number of benzene rings is 1. The van der Waals surface area contributed by atoms with Gasteiger partial charge in [0, 0.05) is 17.9 Å². The minimum atomic E-state index is -0.973. The van der Waals surface area contributed by atoms with Gasteiger partial charge in [-0.1, -0.05) is 35.3 Å². The summed E-state index contributed by atoms with van der Waals surface area (Å²) in [5.41, 5.74) is 0.490. The van der Waals surface area contributed by atoms with Crippen molar-refractivity contribution in [2.75, 3.05) is 5.32 Å². The van der Waals surface area contributed by atoms with Crippen LogP contribution in [0.4, 0.5) is 5.13 Å². The van der Waals surface area contributed by atoms with Crippen molar-refractivity contribution in [1.29, 1.82) is 5.26 Å². The van der Waals surface area contributed by atoms with Crippen LogP contribution in [0.2, 0.25) is 10.0 Å². The number of nitrogens with one attached hydrogen (secondary N) is 2. The molecule has 2 rings (SSSR count). The molecule has 0 spiro atoms. The van der Waals surface area contributed by atoms with E-state index in [0.717, 1.165) is 11.3 Å². The van der Waals surface area contributed by atoms with Gasteiger partial charge in [0.15, 0.2) is 5.13 Å². The molecule has 6 nitrogen and oxygen atoms in total. The van der Waals surface area contributed by atoms with Gasteiger partial charge < -0.3 is 10.6 Å². The highest BCUT2D eigenvalue weighted by Gasteiger charge is 2.20. The summed E-state index contributed by atoms with van der Waals surface area (Å²) in [6.07, 6.45) is 0. The SMILES string of the molecule is CC(=O)Nc1nc(C(=O)NC(C#N)c2cccc(Cl)c2Cl)cs1. The van der Waals surface area contributed by atoms with Gasteiger partial charge in [-0.3, -0.25) is 9.59 Å². The average Bonchev–Trinajstić information content (AvgIpc) is 2.95. The number of halogens is 2. The quantitative estimate of drug-likeness (QED) is 0.864. The number of amides is 2. The molecule has 1 aromatic heterocycles. The summed E-state index contributed by atoms with van der Waals surface area (Å²) in [5, 5.41) is 16.6. The van der Waals surface area contributed by atoms with Crippen molar-refractivity contribution < 1.29 is 9.59 Å². The lowest BCUT2D eigenvalue weighted by molar-refractivity contribution is -0.114. The molecule has 2 aromatic rings. The zero-order valence-electron chi connectivity index (χ0n) is 11.8. The number of aromatic nitrogens is 1. The summed E-state index contributed by atoms with van der Waals surface area (Å²) < 4.78 is 0. The molecule has 2 N–H and O–H groups in total. The Hall–Kier alpha value is -2.14. The third-order valence-corrected chi connectivity index (χ3v) is 4.31. The Morgan fingerprint density at radius 2 is 2.13 bits per heavy atom. The molecule has 1 atom stereocenters. The molecule has 1 heterocycles. The zero-order valence-corrected chi connectivity index (χ0v) is 14.1. The van der Waals surface area contributed by atoms with E-state index >= 15 is 0 Å². The number of nitrogens with zero attached hydrogens (tertiary/aromatic N) is 2. The first-order valence-electron chi connectivity index (χ1n) is 6.30. The second-order valence-electron chi connectivity index (χ2n) is 4.40. The normalized spacial score (nSPS) is 11.4. The lowest BCUT2D eigenvalue weighted by Gasteiger charge is -2.13. The molecular weight excluding hydrogens is 359 g/mol. The van der Waals surface area contributed by atoms with Crippen LogP contribution in [0.3, 0.4) is 0 Å². The second-order valence-corrected chi connectivity index (χ2v) is 6.04. The molecule has 118 valence electrons. The summed E-state index contributed by atoms with van der Waals surface area (Å²) in [5.74, 6) is -0.840. The molecule has 2 amide bonds. The van der Waals surface area contributed by atoms with Crippen molar-refractivity contribution in [3.63, 3.8) is 0 Å². The van der Waals surface area contributed by atoms with Gasteiger partial charge in [-0.15, -0.1) is 11.3 Å². The van der Waals surface area contributed by atoms with E-state index in [1.165, 1.54) is 12.3 Å². The third kappa shape index (κ3) is 4.20. The van der Waals surface area contributed by atoms with Crippen LogP contribution in [-0.2, 0) is 4.79 Å². The van der Waals surface area contributed by atoms with Gasteiger partial charge in [0.25, 0.3) is 5.91 Å². The van der Waals surface area contributed by atoms with Gasteiger partial charge >= 0.3 is 0 Å². The van der Waals surface area contributed by atoms with E-state index in [-0.39, 0.29) is 16.6 Å². The van der Waals surface area contributed by atoms with Gasteiger partial charge in [-0.05, 0) is 6.07 Å². The highest BCUT2D eigenvalue weighted by molar-refractivity contribution is 7.14. The molecule has 0 aliphatic heterocycles. The van der Waals surface area contributed by atoms with Crippen LogP contribution in [-0.4, -0.2) is 16.8 Å². The van der Waals surface area contributed by atoms with Crippen molar-refractivity contribution >= 4 is 51.5 Å². The predicted molar refractivity (Wildman–Crippen MR) is 88.7 cm³/mol. The minimum Gasteiger partial charge on any atom is -0.331 e. The molecule has 0 radical (unpaired) electrons. The van der Waals surface area contributed by atoms with Crippen LogP contribution in [0.25, 0.3) is 0 Å². The minimum absolute atomic E-state index is 0.0946. The molecule has 0 saturated carbocycles. The largest absolute Gasteiger partial charge is 0.331 e. The predicted octanol–water partition coefficient (Wildman–Crippen LogP) is 3.40. The van der Waals surface area contributed by atoms with Gasteiger partial charge in [0.2, 0.25) is 5.91 Å². The van der Waals surface area contributed by atoms with E-state index in [0.29, 0.717) is 15.7 Å². The molecule has 0 fully saturated rings. The summed E-state index contributed by atoms with van der Waals surface area (Å²) in [4.78, 5) is 27.1. The van der Waals surface area contributed by atoms with E-state index in [1.54, 1.807) is 18.2 Å². The van der Waals surface area contributed by atoms with Crippen LogP contribution in [0.15, 0.2) is 23.6 Å². The number of carbonyl (C=O) groups excluding carboxylic acids is 2. The van der Waals surface area contributed by atoms with Crippen molar-refractivity contribution in [3.05, 3.63) is 44.9 Å². The molecule has 0 saturated heterocycles. The Morgan fingerprint density at radius 3 is 2.78 bits per heavy atom. The maximum atomic E-state index is 12.2. The lowest BCUT2D eigenvalue weighted by atomic mass is 10.1. The molecular formula is C14H10Cl2N4O2S. The monoisotopic (exact) mass is 368 g/mol. The highest BCUT2D eigenvalue weighted by Crippen LogP contribution is 2.30. The van der Waals surface area contributed by atoms with E-state index < -0.39 is 11.9 Å². The fraction of sp³-hybridized carbons (Fsp3) is 0.143. The van der Waals surface area contributed by atoms with Crippen LogP contribution in [0.5, 0.6) is 0 Å². The first kappa shape index (κ1) is 17.2. The molecule has 0 aliphatic rings. The Morgan fingerprint density at radius 1 is 1.39 bits per heavy atom. The highest BCUT2D eigenvalue weighted by atomic mass is 35.5. The van der Waals surface area contributed by atoms with E-state index in [2.05, 4.69) is 15.6 Å². The average molecular weight is 369 g/mol. The molecule has 0 aliphatic carbocycles. The summed E-state index contributed by atoms with van der Waals surface area (Å²) >= 11 is 13.1. The standard InChI is InChI=1S/C14H10Cl2N4O2S/c1-7(21)18-14-20-11(6-23-14)13(22)19-10(5-17)8-3-2-4-9(15)12(8)16/h2-4,6,10H,1H3,(H,19,22)(H,18,20,21). The van der Waals surface area contributed by atoms with Crippen LogP contribution in [0, 0.1) is 11.3 Å². The fourth-order valence-corrected chi connectivity index (χ4v) is 2.87. The Labute approximate surface area is 146 Å². The second kappa shape index (κ2) is 7.42. The van der Waals surface area contributed by atoms with Gasteiger partial charge in [0.05, 0.1) is 16.1 Å². The number of rotatable bonds is 4. The number of anilines is 1. The maximum absolute atomic E-state index is 12.2. The zero-order chi connectivity index (χ0) is 17.0. The lowest BCUT2D eigenvalue weighted by Crippen LogP contribution is -2.28. The molecule has 23 heavy (non-hydrogen) atoms. The maximum Gasteiger partial charge on any atom is 0.272 e. The van der Waals surface area contributed by atoms with Crippen LogP contribution in [0.1, 0.15) is 29.0 Å². The number of carbonyl (C=O) groups is 2. The Bertz CT molecular complexity index is 800. The van der Waals surface area contributed by atoms with Crippen LogP contribution < -0.4 is 10.6 Å². The molecule has 1 aromatic carbocycles. The number of hydrogen-bond donors (Lipinski definition) is 2. The van der Waals surface area contributed by atoms with Crippen molar-refractivity contribution in [1.82, 2.24) is 10.3 Å². The van der Waals surface area contributed by atoms with Gasteiger partial charge in [0.1, 0.15) is 11.7 Å². The number of nitriles is 1. The summed E-state index contributed by atoms with van der Waals surface area (Å²) in [6, 6.07) is 5.81. The first-order chi connectivity index (χ1) is 10.9. The summed E-state index contributed by atoms with van der Waals surface area (Å²) in [7, 11) is 0. The number of hydrogen-bond acceptors (Lipinski definition) is 5. The molecule has 0 bridgehead atoms. The fourth-order valence-electron chi connectivity index (χ4n) is 1.71.